The number of hydrogen-bond acceptors (Lipinski definition) is 5. The number of carbonyl (C=O) groups excluding carboxylic acids is 1. The number of rotatable bonds is 1. The first-order valence-electron chi connectivity index (χ1n) is 6.43. The molecule has 0 spiro atoms. The van der Waals surface area contributed by atoms with Gasteiger partial charge in [0.15, 0.2) is 5.82 Å². The zero-order valence-electron chi connectivity index (χ0n) is 11.1. The highest BCUT2D eigenvalue weighted by Crippen LogP contribution is 2.46. The molecule has 2 aliphatic rings. The molecule has 1 atom stereocenters. The minimum absolute atomic E-state index is 0.0741. The summed E-state index contributed by atoms with van der Waals surface area (Å²) >= 11 is 1.67. The van der Waals surface area contributed by atoms with Crippen LogP contribution in [0.4, 0.5) is 5.82 Å². The molecule has 102 valence electrons. The average Bonchev–Trinajstić information content (AvgIpc) is 3.10. The van der Waals surface area contributed by atoms with Crippen molar-refractivity contribution in [2.45, 2.75) is 19.8 Å². The van der Waals surface area contributed by atoms with Gasteiger partial charge in [-0.05, 0) is 30.9 Å². The van der Waals surface area contributed by atoms with Gasteiger partial charge in [0.2, 0.25) is 0 Å². The summed E-state index contributed by atoms with van der Waals surface area (Å²) in [6, 6.07) is 2.08. The Bertz CT molecular complexity index is 756. The first-order valence-corrected chi connectivity index (χ1v) is 7.31. The number of thiophene rings is 1. The summed E-state index contributed by atoms with van der Waals surface area (Å²) in [5.41, 5.74) is 4.80. The van der Waals surface area contributed by atoms with E-state index in [1.807, 2.05) is 6.92 Å². The van der Waals surface area contributed by atoms with Gasteiger partial charge in [0.1, 0.15) is 6.61 Å². The number of ether oxygens (including phenoxy) is 1. The first kappa shape index (κ1) is 11.7. The second-order valence-corrected chi connectivity index (χ2v) is 6.05. The van der Waals surface area contributed by atoms with Crippen LogP contribution in [0.3, 0.4) is 0 Å². The third-order valence-corrected chi connectivity index (χ3v) is 4.98. The van der Waals surface area contributed by atoms with Crippen LogP contribution in [-0.2, 0) is 9.53 Å². The van der Waals surface area contributed by atoms with Gasteiger partial charge in [0, 0.05) is 16.1 Å². The first-order chi connectivity index (χ1) is 9.66. The van der Waals surface area contributed by atoms with Crippen LogP contribution in [0.15, 0.2) is 22.7 Å². The van der Waals surface area contributed by atoms with Gasteiger partial charge in [-0.2, -0.15) is 5.10 Å². The molecule has 0 aromatic carbocycles. The predicted molar refractivity (Wildman–Crippen MR) is 75.8 cm³/mol. The SMILES string of the molecule is Cc1ccsc1[C@H]1C2=C(COC2=O)Nc2n[nH]c(C)c21. The average molecular weight is 287 g/mol. The van der Waals surface area contributed by atoms with Gasteiger partial charge in [0.25, 0.3) is 0 Å². The minimum atomic E-state index is -0.225. The molecular formula is C14H13N3O2S. The number of aromatic amines is 1. The summed E-state index contributed by atoms with van der Waals surface area (Å²) in [6.45, 7) is 4.36. The smallest absolute Gasteiger partial charge is 0.337 e. The van der Waals surface area contributed by atoms with Gasteiger partial charge >= 0.3 is 5.97 Å². The number of fused-ring (bicyclic) bond motifs is 1. The fraction of sp³-hybridized carbons (Fsp3) is 0.286. The zero-order valence-corrected chi connectivity index (χ0v) is 11.9. The number of aromatic nitrogens is 2. The molecule has 5 nitrogen and oxygen atoms in total. The highest BCUT2D eigenvalue weighted by molar-refractivity contribution is 7.10. The van der Waals surface area contributed by atoms with Crippen LogP contribution >= 0.6 is 11.3 Å². The molecule has 2 aliphatic heterocycles. The maximum absolute atomic E-state index is 12.1. The van der Waals surface area contributed by atoms with Crippen molar-refractivity contribution in [1.82, 2.24) is 10.2 Å². The Labute approximate surface area is 119 Å². The van der Waals surface area contributed by atoms with E-state index < -0.39 is 0 Å². The van der Waals surface area contributed by atoms with Gasteiger partial charge in [0.05, 0.1) is 17.2 Å². The van der Waals surface area contributed by atoms with Crippen LogP contribution in [-0.4, -0.2) is 22.8 Å². The fourth-order valence-electron chi connectivity index (χ4n) is 2.93. The molecule has 20 heavy (non-hydrogen) atoms. The van der Waals surface area contributed by atoms with Crippen LogP contribution in [0.1, 0.15) is 27.6 Å². The summed E-state index contributed by atoms with van der Waals surface area (Å²) in [7, 11) is 0. The Balaban J connectivity index is 1.99. The second kappa shape index (κ2) is 3.96. The highest BCUT2D eigenvalue weighted by Gasteiger charge is 2.41. The number of cyclic esters (lactones) is 1. The maximum Gasteiger partial charge on any atom is 0.337 e. The quantitative estimate of drug-likeness (QED) is 0.791. The van der Waals surface area contributed by atoms with E-state index in [-0.39, 0.29) is 11.9 Å². The molecule has 0 bridgehead atoms. The van der Waals surface area contributed by atoms with Crippen LogP contribution in [0.25, 0.3) is 0 Å². The molecule has 0 aliphatic carbocycles. The molecule has 0 saturated heterocycles. The van der Waals surface area contributed by atoms with Gasteiger partial charge in [-0.1, -0.05) is 0 Å². The Hall–Kier alpha value is -2.08. The number of anilines is 1. The van der Waals surface area contributed by atoms with Crippen LogP contribution in [0.2, 0.25) is 0 Å². The molecule has 0 amide bonds. The summed E-state index contributed by atoms with van der Waals surface area (Å²) < 4.78 is 5.20. The van der Waals surface area contributed by atoms with Crippen molar-refractivity contribution in [1.29, 1.82) is 0 Å². The Morgan fingerprint density at radius 1 is 1.45 bits per heavy atom. The standard InChI is InChI=1S/C14H13N3O2S/c1-6-3-4-20-12(6)11-9-7(2)16-17-13(9)15-8-5-19-14(18)10(8)11/h3-4,11H,5H2,1-2H3,(H2,15,16,17)/t11-/m1/s1. The number of carbonyl (C=O) groups is 1. The van der Waals surface area contributed by atoms with Crippen molar-refractivity contribution in [3.05, 3.63) is 44.4 Å². The van der Waals surface area contributed by atoms with E-state index in [1.54, 1.807) is 11.3 Å². The van der Waals surface area contributed by atoms with Gasteiger partial charge in [-0.25, -0.2) is 4.79 Å². The molecule has 2 aromatic heterocycles. The zero-order chi connectivity index (χ0) is 13.9. The van der Waals surface area contributed by atoms with Crippen LogP contribution in [0.5, 0.6) is 0 Å². The lowest BCUT2D eigenvalue weighted by Crippen LogP contribution is -2.19. The minimum Gasteiger partial charge on any atom is -0.456 e. The van der Waals surface area contributed by atoms with Crippen LogP contribution in [0, 0.1) is 13.8 Å². The summed E-state index contributed by atoms with van der Waals surface area (Å²) in [4.78, 5) is 13.3. The molecule has 0 radical (unpaired) electrons. The molecule has 6 heteroatoms. The Morgan fingerprint density at radius 3 is 3.05 bits per heavy atom. The number of esters is 1. The largest absolute Gasteiger partial charge is 0.456 e. The molecule has 2 aromatic rings. The van der Waals surface area contributed by atoms with Crippen molar-refractivity contribution in [3.63, 3.8) is 0 Å². The topological polar surface area (TPSA) is 67.0 Å². The van der Waals surface area contributed by atoms with Gasteiger partial charge in [-0.3, -0.25) is 5.10 Å². The van der Waals surface area contributed by atoms with Crippen LogP contribution < -0.4 is 5.32 Å². The van der Waals surface area contributed by atoms with Crippen molar-refractivity contribution in [2.24, 2.45) is 0 Å². The third-order valence-electron chi connectivity index (χ3n) is 3.90. The van der Waals surface area contributed by atoms with E-state index in [9.17, 15) is 4.79 Å². The van der Waals surface area contributed by atoms with Gasteiger partial charge in [-0.15, -0.1) is 11.3 Å². The number of nitrogens with zero attached hydrogens (tertiary/aromatic N) is 1. The molecule has 0 fully saturated rings. The lowest BCUT2D eigenvalue weighted by Gasteiger charge is -2.23. The Morgan fingerprint density at radius 2 is 2.30 bits per heavy atom. The van der Waals surface area contributed by atoms with E-state index in [0.717, 1.165) is 28.3 Å². The molecule has 4 rings (SSSR count). The number of H-pyrrole nitrogens is 1. The van der Waals surface area contributed by atoms with E-state index in [0.29, 0.717) is 6.61 Å². The predicted octanol–water partition coefficient (Wildman–Crippen LogP) is 2.46. The number of nitrogens with one attached hydrogen (secondary N) is 2. The lowest BCUT2D eigenvalue weighted by molar-refractivity contribution is -0.136. The Kier molecular flexibility index (Phi) is 2.32. The normalized spacial score (nSPS) is 20.5. The summed E-state index contributed by atoms with van der Waals surface area (Å²) in [6.07, 6.45) is 0. The van der Waals surface area contributed by atoms with E-state index in [1.165, 1.54) is 10.4 Å². The molecule has 4 heterocycles. The van der Waals surface area contributed by atoms with Crippen molar-refractivity contribution in [2.75, 3.05) is 11.9 Å². The van der Waals surface area contributed by atoms with Gasteiger partial charge < -0.3 is 10.1 Å². The summed E-state index contributed by atoms with van der Waals surface area (Å²) in [5, 5.41) is 12.6. The van der Waals surface area contributed by atoms with Crippen molar-refractivity contribution >= 4 is 23.1 Å². The highest BCUT2D eigenvalue weighted by atomic mass is 32.1. The molecule has 2 N–H and O–H groups in total. The number of aryl methyl sites for hydroxylation is 2. The van der Waals surface area contributed by atoms with E-state index >= 15 is 0 Å². The van der Waals surface area contributed by atoms with E-state index in [2.05, 4.69) is 33.9 Å². The third kappa shape index (κ3) is 1.42. The summed E-state index contributed by atoms with van der Waals surface area (Å²) in [5.74, 6) is 0.504. The molecule has 0 unspecified atom stereocenters. The van der Waals surface area contributed by atoms with E-state index in [4.69, 9.17) is 4.74 Å². The van der Waals surface area contributed by atoms with Crippen molar-refractivity contribution < 1.29 is 9.53 Å². The molecular weight excluding hydrogens is 274 g/mol. The fourth-order valence-corrected chi connectivity index (χ4v) is 3.97. The molecule has 0 saturated carbocycles. The number of hydrogen-bond donors (Lipinski definition) is 2. The lowest BCUT2D eigenvalue weighted by atomic mass is 9.85. The monoisotopic (exact) mass is 287 g/mol. The maximum atomic E-state index is 12.1. The second-order valence-electron chi connectivity index (χ2n) is 5.11. The van der Waals surface area contributed by atoms with Crippen molar-refractivity contribution in [3.8, 4) is 0 Å².